The van der Waals surface area contributed by atoms with Gasteiger partial charge in [-0.3, -0.25) is 14.5 Å². The third kappa shape index (κ3) is 6.32. The zero-order chi connectivity index (χ0) is 31.4. The van der Waals surface area contributed by atoms with Crippen LogP contribution in [0.4, 0.5) is 0 Å². The fourth-order valence-electron chi connectivity index (χ4n) is 5.32. The van der Waals surface area contributed by atoms with Crippen LogP contribution in [0, 0.1) is 0 Å². The number of esters is 2. The molecule has 4 aromatic rings. The summed E-state index contributed by atoms with van der Waals surface area (Å²) in [6.07, 6.45) is 0.509. The molecule has 0 amide bonds. The van der Waals surface area contributed by atoms with Crippen LogP contribution in [0.5, 0.6) is 17.2 Å². The molecule has 0 spiro atoms. The van der Waals surface area contributed by atoms with Crippen molar-refractivity contribution in [2.45, 2.75) is 31.8 Å². The third-order valence-corrected chi connectivity index (χ3v) is 7.65. The lowest BCUT2D eigenvalue weighted by Crippen LogP contribution is -2.30. The van der Waals surface area contributed by atoms with Gasteiger partial charge in [-0.2, -0.15) is 0 Å². The fraction of sp³-hybridized carbons (Fsp3) is 0.303. The Morgan fingerprint density at radius 3 is 2.27 bits per heavy atom. The number of ether oxygens (including phenoxy) is 4. The van der Waals surface area contributed by atoms with E-state index in [1.165, 1.54) is 20.3 Å². The van der Waals surface area contributed by atoms with Crippen molar-refractivity contribution in [3.63, 3.8) is 0 Å². The number of aromatic hydroxyl groups is 1. The van der Waals surface area contributed by atoms with Crippen LogP contribution in [0.3, 0.4) is 0 Å². The lowest BCUT2D eigenvalue weighted by Gasteiger charge is -2.29. The summed E-state index contributed by atoms with van der Waals surface area (Å²) in [5.74, 6) is -0.335. The minimum absolute atomic E-state index is 0.0938. The predicted octanol–water partition coefficient (Wildman–Crippen LogP) is 4.66. The minimum atomic E-state index is -0.947. The second kappa shape index (κ2) is 13.1. The van der Waals surface area contributed by atoms with Crippen molar-refractivity contribution >= 4 is 11.9 Å². The molecule has 5 rings (SSSR count). The summed E-state index contributed by atoms with van der Waals surface area (Å²) in [6, 6.07) is 15.1. The topological polar surface area (TPSA) is 138 Å². The van der Waals surface area contributed by atoms with Crippen molar-refractivity contribution < 1.29 is 42.5 Å². The molecule has 3 heterocycles. The lowest BCUT2D eigenvalue weighted by atomic mass is 9.97. The maximum Gasteiger partial charge on any atom is 0.337 e. The first-order valence-corrected chi connectivity index (χ1v) is 13.9. The van der Waals surface area contributed by atoms with Gasteiger partial charge in [0.15, 0.2) is 17.3 Å². The van der Waals surface area contributed by atoms with E-state index in [0.717, 1.165) is 17.5 Å². The van der Waals surface area contributed by atoms with Crippen molar-refractivity contribution in [3.8, 4) is 28.6 Å². The molecule has 2 aromatic heterocycles. The van der Waals surface area contributed by atoms with Gasteiger partial charge in [0.25, 0.3) is 0 Å². The smallest absolute Gasteiger partial charge is 0.337 e. The number of methoxy groups -OCH3 is 4. The van der Waals surface area contributed by atoms with Crippen LogP contribution >= 0.6 is 0 Å². The molecule has 11 heteroatoms. The number of hydrogen-bond acceptors (Lipinski definition) is 11. The summed E-state index contributed by atoms with van der Waals surface area (Å²) in [6.45, 7) is 1.57. The molecule has 11 nitrogen and oxygen atoms in total. The molecule has 1 aliphatic rings. The van der Waals surface area contributed by atoms with Gasteiger partial charge >= 0.3 is 11.9 Å². The molecule has 44 heavy (non-hydrogen) atoms. The highest BCUT2D eigenvalue weighted by molar-refractivity contribution is 5.89. The van der Waals surface area contributed by atoms with Crippen LogP contribution < -0.4 is 14.9 Å². The van der Waals surface area contributed by atoms with Gasteiger partial charge in [0.05, 0.1) is 52.9 Å². The Labute approximate surface area is 253 Å². The molecular formula is C33H33NO10. The van der Waals surface area contributed by atoms with E-state index in [1.807, 2.05) is 12.1 Å². The van der Waals surface area contributed by atoms with E-state index >= 15 is 0 Å². The number of carbonyl (C=O) groups excluding carboxylic acids is 2. The molecule has 0 saturated carbocycles. The largest absolute Gasteiger partial charge is 0.502 e. The minimum Gasteiger partial charge on any atom is -0.502 e. The van der Waals surface area contributed by atoms with Crippen molar-refractivity contribution in [2.24, 2.45) is 0 Å². The molecule has 1 aliphatic heterocycles. The van der Waals surface area contributed by atoms with Gasteiger partial charge < -0.3 is 32.9 Å². The number of benzene rings is 2. The highest BCUT2D eigenvalue weighted by atomic mass is 16.5. The quantitative estimate of drug-likeness (QED) is 0.253. The standard InChI is InChI=1S/C33H33NO10/c1-39-28-13-21-11-12-34(17-22(21)14-29(28)40-2)18-23-15-25(35)31(37)32(43-23)24(16-30(36)41-3)27-10-9-26(44-27)19-5-7-20(8-6-19)33(38)42-4/h5-10,13-15,24,37H,11-12,16-18H2,1-4H3. The Kier molecular flexibility index (Phi) is 9.05. The van der Waals surface area contributed by atoms with E-state index in [2.05, 4.69) is 4.90 Å². The first kappa shape index (κ1) is 30.4. The van der Waals surface area contributed by atoms with Crippen LogP contribution in [0.25, 0.3) is 11.3 Å². The summed E-state index contributed by atoms with van der Waals surface area (Å²) in [5.41, 5.74) is 2.64. The first-order chi connectivity index (χ1) is 21.2. The summed E-state index contributed by atoms with van der Waals surface area (Å²) >= 11 is 0. The monoisotopic (exact) mass is 603 g/mol. The zero-order valence-electron chi connectivity index (χ0n) is 24.9. The lowest BCUT2D eigenvalue weighted by molar-refractivity contribution is -0.141. The SMILES string of the molecule is COC(=O)CC(c1ccc(-c2ccc(C(=O)OC)cc2)o1)c1oc(CN2CCc3cc(OC)c(OC)cc3C2)cc(=O)c1O. The molecule has 0 bridgehead atoms. The van der Waals surface area contributed by atoms with Crippen molar-refractivity contribution in [1.82, 2.24) is 4.90 Å². The van der Waals surface area contributed by atoms with Crippen molar-refractivity contribution in [2.75, 3.05) is 35.0 Å². The molecule has 0 aliphatic carbocycles. The average molecular weight is 604 g/mol. The molecule has 2 aromatic carbocycles. The van der Waals surface area contributed by atoms with Crippen molar-refractivity contribution in [1.29, 1.82) is 0 Å². The number of carbonyl (C=O) groups is 2. The molecule has 0 radical (unpaired) electrons. The van der Waals surface area contributed by atoms with Gasteiger partial charge in [-0.15, -0.1) is 0 Å². The second-order valence-electron chi connectivity index (χ2n) is 10.3. The molecule has 1 atom stereocenters. The Bertz CT molecular complexity index is 1720. The van der Waals surface area contributed by atoms with Gasteiger partial charge in [0.2, 0.25) is 11.2 Å². The van der Waals surface area contributed by atoms with E-state index < -0.39 is 29.0 Å². The number of nitrogens with zero attached hydrogens (tertiary/aromatic N) is 1. The maximum atomic E-state index is 12.9. The zero-order valence-corrected chi connectivity index (χ0v) is 24.9. The van der Waals surface area contributed by atoms with Crippen molar-refractivity contribution in [3.05, 3.63) is 98.8 Å². The van der Waals surface area contributed by atoms with E-state index in [9.17, 15) is 19.5 Å². The third-order valence-electron chi connectivity index (χ3n) is 7.65. The van der Waals surface area contributed by atoms with Crippen LogP contribution in [0.15, 0.2) is 68.2 Å². The van der Waals surface area contributed by atoms with E-state index in [1.54, 1.807) is 50.6 Å². The van der Waals surface area contributed by atoms with Crippen LogP contribution in [-0.2, 0) is 33.8 Å². The summed E-state index contributed by atoms with van der Waals surface area (Å²) in [5, 5.41) is 10.8. The maximum absolute atomic E-state index is 12.9. The number of hydrogen-bond donors (Lipinski definition) is 1. The first-order valence-electron chi connectivity index (χ1n) is 13.9. The van der Waals surface area contributed by atoms with Gasteiger partial charge in [-0.05, 0) is 53.9 Å². The summed E-state index contributed by atoms with van der Waals surface area (Å²) in [4.78, 5) is 39.3. The Balaban J connectivity index is 1.44. The Hall–Kier alpha value is -5.03. The molecule has 0 saturated heterocycles. The van der Waals surface area contributed by atoms with E-state index in [0.29, 0.717) is 47.2 Å². The Morgan fingerprint density at radius 2 is 1.61 bits per heavy atom. The highest BCUT2D eigenvalue weighted by Crippen LogP contribution is 2.37. The highest BCUT2D eigenvalue weighted by Gasteiger charge is 2.30. The Morgan fingerprint density at radius 1 is 0.909 bits per heavy atom. The van der Waals surface area contributed by atoms with Gasteiger partial charge in [0, 0.05) is 24.7 Å². The number of fused-ring (bicyclic) bond motifs is 1. The summed E-state index contributed by atoms with van der Waals surface area (Å²) < 4.78 is 32.8. The molecule has 1 N–H and O–H groups in total. The molecule has 1 unspecified atom stereocenters. The predicted molar refractivity (Wildman–Crippen MR) is 158 cm³/mol. The molecule has 0 fully saturated rings. The van der Waals surface area contributed by atoms with Gasteiger partial charge in [0.1, 0.15) is 17.3 Å². The number of furan rings is 1. The van der Waals surface area contributed by atoms with Crippen LogP contribution in [0.1, 0.15) is 51.1 Å². The van der Waals surface area contributed by atoms with E-state index in [4.69, 9.17) is 27.8 Å². The fourth-order valence-corrected chi connectivity index (χ4v) is 5.32. The van der Waals surface area contributed by atoms with Gasteiger partial charge in [-0.25, -0.2) is 4.79 Å². The van der Waals surface area contributed by atoms with Crippen LogP contribution in [0.2, 0.25) is 0 Å². The van der Waals surface area contributed by atoms with Gasteiger partial charge in [-0.1, -0.05) is 12.1 Å². The average Bonchev–Trinajstić information content (AvgIpc) is 3.54. The normalized spacial score (nSPS) is 13.5. The molecule has 230 valence electrons. The second-order valence-corrected chi connectivity index (χ2v) is 10.3. The van der Waals surface area contributed by atoms with Crippen LogP contribution in [-0.4, -0.2) is 56.9 Å². The van der Waals surface area contributed by atoms with E-state index in [-0.39, 0.29) is 24.5 Å². The molecular weight excluding hydrogens is 570 g/mol. The summed E-state index contributed by atoms with van der Waals surface area (Å²) in [7, 11) is 5.75. The number of rotatable bonds is 10.